The first-order chi connectivity index (χ1) is 16.8. The van der Waals surface area contributed by atoms with Crippen LogP contribution < -0.4 is 5.32 Å². The molecule has 5 nitrogen and oxygen atoms in total. The molecule has 3 heterocycles. The maximum absolute atomic E-state index is 5.01. The maximum Gasteiger partial charge on any atom is 0.229 e. The lowest BCUT2D eigenvalue weighted by Gasteiger charge is -2.28. The van der Waals surface area contributed by atoms with Gasteiger partial charge in [0.05, 0.1) is 5.69 Å². The summed E-state index contributed by atoms with van der Waals surface area (Å²) in [6, 6.07) is 23.0. The molecule has 0 spiro atoms. The van der Waals surface area contributed by atoms with Crippen molar-refractivity contribution in [2.45, 2.75) is 19.4 Å². The highest BCUT2D eigenvalue weighted by atomic mass is 127. The van der Waals surface area contributed by atoms with Gasteiger partial charge in [-0.2, -0.15) is 4.98 Å². The predicted molar refractivity (Wildman–Crippen MR) is 150 cm³/mol. The van der Waals surface area contributed by atoms with Gasteiger partial charge in [-0.1, -0.05) is 60.2 Å². The molecule has 0 amide bonds. The van der Waals surface area contributed by atoms with Crippen molar-refractivity contribution in [2.24, 2.45) is 0 Å². The Balaban J connectivity index is 1.31. The van der Waals surface area contributed by atoms with Crippen LogP contribution in [0, 0.1) is 0 Å². The van der Waals surface area contributed by atoms with Crippen molar-refractivity contribution in [1.29, 1.82) is 0 Å². The maximum atomic E-state index is 5.01. The molecule has 0 saturated heterocycles. The molecule has 2 aromatic carbocycles. The summed E-state index contributed by atoms with van der Waals surface area (Å²) in [4.78, 5) is 12.4. The zero-order chi connectivity index (χ0) is 22.9. The number of nitrogens with zero attached hydrogens (tertiary/aromatic N) is 4. The topological polar surface area (TPSA) is 46.0 Å². The fraction of sp³-hybridized carbons (Fsp3) is 0.185. The van der Waals surface area contributed by atoms with Crippen molar-refractivity contribution in [3.05, 3.63) is 101 Å². The largest absolute Gasteiger partial charge is 0.324 e. The Morgan fingerprint density at radius 2 is 1.76 bits per heavy atom. The molecule has 2 aromatic heterocycles. The number of rotatable bonds is 6. The van der Waals surface area contributed by atoms with Crippen LogP contribution in [0.15, 0.2) is 90.1 Å². The van der Waals surface area contributed by atoms with Gasteiger partial charge in [-0.15, -0.1) is 0 Å². The Labute approximate surface area is 215 Å². The first-order valence-electron chi connectivity index (χ1n) is 11.5. The highest BCUT2D eigenvalue weighted by Gasteiger charge is 2.26. The molecule has 7 heteroatoms. The van der Waals surface area contributed by atoms with Crippen molar-refractivity contribution in [2.75, 3.05) is 18.4 Å². The van der Waals surface area contributed by atoms with Crippen LogP contribution in [0.3, 0.4) is 0 Å². The molecular formula is C27H24IN5S. The van der Waals surface area contributed by atoms with Gasteiger partial charge in [-0.05, 0) is 47.8 Å². The monoisotopic (exact) mass is 577 g/mol. The average molecular weight is 577 g/mol. The van der Waals surface area contributed by atoms with Crippen LogP contribution in [-0.2, 0) is 6.54 Å². The summed E-state index contributed by atoms with van der Waals surface area (Å²) >= 11 is 2.30. The standard InChI is InChI=1S/C27H24IN5S/c28-34-33-14-12-24-25(30-27(31-26(24)33)29-23-9-5-2-6-10-23)21-15-20-11-13-32(18-22(20)16-21)17-19-7-3-1-4-8-19/h1-10,12,14,16H,11,13,15,17-18H2,(H,29,30,31). The van der Waals surface area contributed by atoms with Gasteiger partial charge < -0.3 is 5.32 Å². The summed E-state index contributed by atoms with van der Waals surface area (Å²) in [5.41, 5.74) is 8.67. The molecule has 0 bridgehead atoms. The number of aromatic nitrogens is 3. The van der Waals surface area contributed by atoms with Crippen LogP contribution >= 0.6 is 30.3 Å². The number of nitrogens with one attached hydrogen (secondary N) is 1. The first kappa shape index (κ1) is 21.9. The molecule has 1 aliphatic heterocycles. The van der Waals surface area contributed by atoms with Crippen molar-refractivity contribution >= 4 is 58.6 Å². The van der Waals surface area contributed by atoms with Crippen LogP contribution in [0.1, 0.15) is 24.1 Å². The molecule has 4 aromatic rings. The third-order valence-corrected chi connectivity index (χ3v) is 8.21. The van der Waals surface area contributed by atoms with E-state index in [1.807, 2.05) is 30.3 Å². The van der Waals surface area contributed by atoms with E-state index in [1.165, 1.54) is 16.7 Å². The van der Waals surface area contributed by atoms with E-state index in [0.29, 0.717) is 5.95 Å². The van der Waals surface area contributed by atoms with Crippen LogP contribution in [0.25, 0.3) is 16.6 Å². The molecular weight excluding hydrogens is 553 g/mol. The Morgan fingerprint density at radius 1 is 0.971 bits per heavy atom. The number of anilines is 2. The first-order valence-corrected chi connectivity index (χ1v) is 14.8. The number of fused-ring (bicyclic) bond motifs is 1. The van der Waals surface area contributed by atoms with Gasteiger partial charge in [0.1, 0.15) is 0 Å². The molecule has 34 heavy (non-hydrogen) atoms. The summed E-state index contributed by atoms with van der Waals surface area (Å²) in [6.45, 7) is 3.11. The van der Waals surface area contributed by atoms with Gasteiger partial charge in [0.2, 0.25) is 5.95 Å². The van der Waals surface area contributed by atoms with Crippen LogP contribution in [0.5, 0.6) is 0 Å². The fourth-order valence-electron chi connectivity index (χ4n) is 4.85. The average Bonchev–Trinajstić information content (AvgIpc) is 3.48. The number of hydrogen-bond donors (Lipinski definition) is 1. The Hall–Kier alpha value is -2.62. The summed E-state index contributed by atoms with van der Waals surface area (Å²) in [5.74, 6) is 0.635. The molecule has 0 radical (unpaired) electrons. The minimum absolute atomic E-state index is 0.635. The highest BCUT2D eigenvalue weighted by molar-refractivity contribution is 14.2. The molecule has 1 N–H and O–H groups in total. The second-order valence-electron chi connectivity index (χ2n) is 8.76. The normalized spacial score (nSPS) is 16.1. The van der Waals surface area contributed by atoms with E-state index in [-0.39, 0.29) is 0 Å². The predicted octanol–water partition coefficient (Wildman–Crippen LogP) is 7.01. The molecule has 0 fully saturated rings. The summed E-state index contributed by atoms with van der Waals surface area (Å²) in [5, 5.41) is 4.51. The Morgan fingerprint density at radius 3 is 2.56 bits per heavy atom. The third kappa shape index (κ3) is 4.39. The smallest absolute Gasteiger partial charge is 0.229 e. The fourth-order valence-corrected chi connectivity index (χ4v) is 6.12. The molecule has 0 saturated carbocycles. The number of halogens is 1. The van der Waals surface area contributed by atoms with Gasteiger partial charge in [-0.25, -0.2) is 4.98 Å². The van der Waals surface area contributed by atoms with Gasteiger partial charge in [0, 0.05) is 67.2 Å². The summed E-state index contributed by atoms with van der Waals surface area (Å²) < 4.78 is 2.10. The van der Waals surface area contributed by atoms with Gasteiger partial charge in [0.15, 0.2) is 5.65 Å². The second-order valence-corrected chi connectivity index (χ2v) is 10.5. The quantitative estimate of drug-likeness (QED) is 0.250. The lowest BCUT2D eigenvalue weighted by Crippen LogP contribution is -2.30. The van der Waals surface area contributed by atoms with E-state index in [2.05, 4.69) is 84.1 Å². The van der Waals surface area contributed by atoms with Crippen LogP contribution in [-0.4, -0.2) is 31.9 Å². The highest BCUT2D eigenvalue weighted by Crippen LogP contribution is 2.39. The lowest BCUT2D eigenvalue weighted by atomic mass is 10.0. The number of benzene rings is 2. The molecule has 0 atom stereocenters. The van der Waals surface area contributed by atoms with Crippen molar-refractivity contribution in [3.8, 4) is 0 Å². The van der Waals surface area contributed by atoms with E-state index < -0.39 is 0 Å². The van der Waals surface area contributed by atoms with Crippen LogP contribution in [0.4, 0.5) is 11.6 Å². The van der Waals surface area contributed by atoms with Crippen molar-refractivity contribution in [1.82, 2.24) is 18.8 Å². The molecule has 170 valence electrons. The number of hydrogen-bond acceptors (Lipinski definition) is 5. The minimum Gasteiger partial charge on any atom is -0.324 e. The van der Waals surface area contributed by atoms with E-state index in [0.717, 1.165) is 54.9 Å². The van der Waals surface area contributed by atoms with Crippen LogP contribution in [0.2, 0.25) is 0 Å². The van der Waals surface area contributed by atoms with E-state index in [1.54, 1.807) is 14.7 Å². The molecule has 6 rings (SSSR count). The van der Waals surface area contributed by atoms with Crippen molar-refractivity contribution < 1.29 is 0 Å². The number of para-hydroxylation sites is 1. The Bertz CT molecular complexity index is 1390. The summed E-state index contributed by atoms with van der Waals surface area (Å²) in [7, 11) is 1.62. The number of allylic oxidation sites excluding steroid dienone is 1. The van der Waals surface area contributed by atoms with Crippen molar-refractivity contribution in [3.63, 3.8) is 0 Å². The SMILES string of the molecule is ISn1ccc2c(C3=CC4=C(CCN(Cc5ccccc5)C4)C3)nc(Nc3ccccc3)nc21. The van der Waals surface area contributed by atoms with E-state index in [9.17, 15) is 0 Å². The van der Waals surface area contributed by atoms with Gasteiger partial charge >= 0.3 is 0 Å². The Kier molecular flexibility index (Phi) is 6.15. The zero-order valence-corrected chi connectivity index (χ0v) is 21.6. The van der Waals surface area contributed by atoms with E-state index >= 15 is 0 Å². The molecule has 0 unspecified atom stereocenters. The van der Waals surface area contributed by atoms with Gasteiger partial charge in [-0.3, -0.25) is 8.87 Å². The second kappa shape index (κ2) is 9.56. The minimum atomic E-state index is 0.635. The third-order valence-electron chi connectivity index (χ3n) is 6.50. The summed E-state index contributed by atoms with van der Waals surface area (Å²) in [6.07, 6.45) is 6.57. The zero-order valence-electron chi connectivity index (χ0n) is 18.6. The lowest BCUT2D eigenvalue weighted by molar-refractivity contribution is 0.280. The molecule has 2 aliphatic rings. The van der Waals surface area contributed by atoms with Gasteiger partial charge in [0.25, 0.3) is 0 Å². The molecule has 1 aliphatic carbocycles. The van der Waals surface area contributed by atoms with E-state index in [4.69, 9.17) is 9.97 Å².